The van der Waals surface area contributed by atoms with Crippen molar-refractivity contribution in [2.45, 2.75) is 20.4 Å². The molecule has 0 saturated heterocycles. The summed E-state index contributed by atoms with van der Waals surface area (Å²) in [7, 11) is 0. The summed E-state index contributed by atoms with van der Waals surface area (Å²) in [6, 6.07) is 15.8. The topological polar surface area (TPSA) is 30.5 Å². The van der Waals surface area contributed by atoms with Crippen LogP contribution in [0.3, 0.4) is 0 Å². The molecule has 0 aliphatic rings. The summed E-state index contributed by atoms with van der Waals surface area (Å²) in [6.45, 7) is 6.53. The smallest absolute Gasteiger partial charge is 0.131 e. The Morgan fingerprint density at radius 2 is 1.60 bits per heavy atom. The molecule has 2 aromatic carbocycles. The number of nitrogens with one attached hydrogen (secondary N) is 1. The van der Waals surface area contributed by atoms with Crippen LogP contribution in [0.15, 0.2) is 48.5 Å². The molecule has 0 aromatic heterocycles. The van der Waals surface area contributed by atoms with Crippen LogP contribution in [0.5, 0.6) is 17.2 Å². The van der Waals surface area contributed by atoms with E-state index in [1.165, 1.54) is 5.56 Å². The zero-order chi connectivity index (χ0) is 14.2. The Kier molecular flexibility index (Phi) is 5.44. The summed E-state index contributed by atoms with van der Waals surface area (Å²) in [6.07, 6.45) is 0. The maximum Gasteiger partial charge on any atom is 0.131 e. The van der Waals surface area contributed by atoms with Gasteiger partial charge in [-0.1, -0.05) is 25.1 Å². The lowest BCUT2D eigenvalue weighted by molar-refractivity contribution is 0.338. The van der Waals surface area contributed by atoms with Crippen molar-refractivity contribution in [1.82, 2.24) is 5.32 Å². The SMILES string of the molecule is CCNCc1cccc(Oc2cccc(OCC)c2)c1. The van der Waals surface area contributed by atoms with E-state index in [0.29, 0.717) is 6.61 Å². The minimum atomic E-state index is 0.654. The first-order valence-corrected chi connectivity index (χ1v) is 7.02. The van der Waals surface area contributed by atoms with Crippen molar-refractivity contribution in [3.63, 3.8) is 0 Å². The first-order valence-electron chi connectivity index (χ1n) is 7.02. The first-order chi connectivity index (χ1) is 9.81. The molecule has 0 spiro atoms. The molecule has 0 aliphatic carbocycles. The highest BCUT2D eigenvalue weighted by molar-refractivity contribution is 5.38. The van der Waals surface area contributed by atoms with Gasteiger partial charge < -0.3 is 14.8 Å². The van der Waals surface area contributed by atoms with Crippen LogP contribution in [0, 0.1) is 0 Å². The largest absolute Gasteiger partial charge is 0.494 e. The van der Waals surface area contributed by atoms with E-state index in [9.17, 15) is 0 Å². The molecule has 0 fully saturated rings. The van der Waals surface area contributed by atoms with Gasteiger partial charge in [0.25, 0.3) is 0 Å². The molecule has 106 valence electrons. The van der Waals surface area contributed by atoms with Crippen molar-refractivity contribution in [1.29, 1.82) is 0 Å². The monoisotopic (exact) mass is 271 g/mol. The molecule has 0 radical (unpaired) electrons. The van der Waals surface area contributed by atoms with Crippen molar-refractivity contribution < 1.29 is 9.47 Å². The van der Waals surface area contributed by atoms with Crippen molar-refractivity contribution in [3.8, 4) is 17.2 Å². The summed E-state index contributed by atoms with van der Waals surface area (Å²) in [5.41, 5.74) is 1.21. The van der Waals surface area contributed by atoms with Crippen molar-refractivity contribution in [3.05, 3.63) is 54.1 Å². The fraction of sp³-hybridized carbons (Fsp3) is 0.294. The van der Waals surface area contributed by atoms with Gasteiger partial charge in [0.2, 0.25) is 0 Å². The Balaban J connectivity index is 2.07. The van der Waals surface area contributed by atoms with Gasteiger partial charge in [-0.25, -0.2) is 0 Å². The van der Waals surface area contributed by atoms with Crippen LogP contribution in [0.4, 0.5) is 0 Å². The van der Waals surface area contributed by atoms with Crippen LogP contribution in [0.25, 0.3) is 0 Å². The predicted molar refractivity (Wildman–Crippen MR) is 81.5 cm³/mol. The summed E-state index contributed by atoms with van der Waals surface area (Å²) >= 11 is 0. The molecule has 0 amide bonds. The highest BCUT2D eigenvalue weighted by Crippen LogP contribution is 2.25. The molecule has 3 heteroatoms. The molecule has 0 aliphatic heterocycles. The molecular formula is C17H21NO2. The molecule has 1 N–H and O–H groups in total. The van der Waals surface area contributed by atoms with Crippen molar-refractivity contribution >= 4 is 0 Å². The second-order valence-corrected chi connectivity index (χ2v) is 4.44. The van der Waals surface area contributed by atoms with Gasteiger partial charge in [0, 0.05) is 12.6 Å². The molecule has 2 aromatic rings. The van der Waals surface area contributed by atoms with Gasteiger partial charge >= 0.3 is 0 Å². The second-order valence-electron chi connectivity index (χ2n) is 4.44. The van der Waals surface area contributed by atoms with Crippen LogP contribution in [-0.4, -0.2) is 13.2 Å². The predicted octanol–water partition coefficient (Wildman–Crippen LogP) is 3.99. The zero-order valence-corrected chi connectivity index (χ0v) is 12.1. The number of ether oxygens (including phenoxy) is 2. The first kappa shape index (κ1) is 14.4. The van der Waals surface area contributed by atoms with Gasteiger partial charge in [0.15, 0.2) is 0 Å². The van der Waals surface area contributed by atoms with Crippen molar-refractivity contribution in [2.75, 3.05) is 13.2 Å². The lowest BCUT2D eigenvalue weighted by atomic mass is 10.2. The van der Waals surface area contributed by atoms with E-state index in [1.807, 2.05) is 43.3 Å². The van der Waals surface area contributed by atoms with Crippen molar-refractivity contribution in [2.24, 2.45) is 0 Å². The molecule has 3 nitrogen and oxygen atoms in total. The van der Waals surface area contributed by atoms with Crippen LogP contribution >= 0.6 is 0 Å². The highest BCUT2D eigenvalue weighted by Gasteiger charge is 2.01. The summed E-state index contributed by atoms with van der Waals surface area (Å²) in [4.78, 5) is 0. The van der Waals surface area contributed by atoms with E-state index in [4.69, 9.17) is 9.47 Å². The van der Waals surface area contributed by atoms with Crippen LogP contribution < -0.4 is 14.8 Å². The molecule has 0 saturated carbocycles. The van der Waals surface area contributed by atoms with E-state index < -0.39 is 0 Å². The molecule has 0 atom stereocenters. The Morgan fingerprint density at radius 3 is 2.35 bits per heavy atom. The van der Waals surface area contributed by atoms with E-state index in [-0.39, 0.29) is 0 Å². The van der Waals surface area contributed by atoms with Gasteiger partial charge in [-0.05, 0) is 43.3 Å². The average molecular weight is 271 g/mol. The maximum atomic E-state index is 5.88. The molecule has 2 rings (SSSR count). The Bertz CT molecular complexity index is 540. The minimum Gasteiger partial charge on any atom is -0.494 e. The van der Waals surface area contributed by atoms with Crippen LogP contribution in [0.1, 0.15) is 19.4 Å². The second kappa shape index (κ2) is 7.56. The number of rotatable bonds is 7. The molecule has 20 heavy (non-hydrogen) atoms. The number of benzene rings is 2. The lowest BCUT2D eigenvalue weighted by Crippen LogP contribution is -2.11. The van der Waals surface area contributed by atoms with E-state index >= 15 is 0 Å². The van der Waals surface area contributed by atoms with E-state index in [1.54, 1.807) is 0 Å². The standard InChI is InChI=1S/C17H21NO2/c1-3-18-13-14-7-5-9-16(11-14)20-17-10-6-8-15(12-17)19-4-2/h5-12,18H,3-4,13H2,1-2H3. The van der Waals surface area contributed by atoms with Crippen LogP contribution in [0.2, 0.25) is 0 Å². The van der Waals surface area contributed by atoms with Gasteiger partial charge in [-0.3, -0.25) is 0 Å². The normalized spacial score (nSPS) is 10.3. The van der Waals surface area contributed by atoms with E-state index in [2.05, 4.69) is 24.4 Å². The lowest BCUT2D eigenvalue weighted by Gasteiger charge is -2.09. The third-order valence-electron chi connectivity index (χ3n) is 2.83. The van der Waals surface area contributed by atoms with E-state index in [0.717, 1.165) is 30.3 Å². The van der Waals surface area contributed by atoms with Gasteiger partial charge in [-0.15, -0.1) is 0 Å². The average Bonchev–Trinajstić information content (AvgIpc) is 2.46. The summed E-state index contributed by atoms with van der Waals surface area (Å²) < 4.78 is 11.3. The number of hydrogen-bond acceptors (Lipinski definition) is 3. The Morgan fingerprint density at radius 1 is 0.900 bits per heavy atom. The van der Waals surface area contributed by atoms with Gasteiger partial charge in [0.1, 0.15) is 17.2 Å². The summed E-state index contributed by atoms with van der Waals surface area (Å²) in [5.74, 6) is 2.46. The fourth-order valence-electron chi connectivity index (χ4n) is 1.92. The molecule has 0 heterocycles. The third kappa shape index (κ3) is 4.28. The van der Waals surface area contributed by atoms with Gasteiger partial charge in [-0.2, -0.15) is 0 Å². The maximum absolute atomic E-state index is 5.88. The Labute approximate surface area is 120 Å². The minimum absolute atomic E-state index is 0.654. The fourth-order valence-corrected chi connectivity index (χ4v) is 1.92. The number of hydrogen-bond donors (Lipinski definition) is 1. The zero-order valence-electron chi connectivity index (χ0n) is 12.1. The molecule has 0 bridgehead atoms. The molecular weight excluding hydrogens is 250 g/mol. The van der Waals surface area contributed by atoms with Crippen LogP contribution in [-0.2, 0) is 6.54 Å². The highest BCUT2D eigenvalue weighted by atomic mass is 16.5. The quantitative estimate of drug-likeness (QED) is 0.826. The summed E-state index contributed by atoms with van der Waals surface area (Å²) in [5, 5.41) is 3.31. The molecule has 0 unspecified atom stereocenters. The Hall–Kier alpha value is -2.00. The van der Waals surface area contributed by atoms with Gasteiger partial charge in [0.05, 0.1) is 6.61 Å². The third-order valence-corrected chi connectivity index (χ3v) is 2.83.